The number of rotatable bonds is 3. The highest BCUT2D eigenvalue weighted by molar-refractivity contribution is 4.81. The highest BCUT2D eigenvalue weighted by Crippen LogP contribution is 2.30. The minimum Gasteiger partial charge on any atom is -0.324 e. The van der Waals surface area contributed by atoms with Crippen LogP contribution in [0, 0.1) is 11.8 Å². The second-order valence-corrected chi connectivity index (χ2v) is 4.50. The highest BCUT2D eigenvalue weighted by Gasteiger charge is 2.22. The van der Waals surface area contributed by atoms with Crippen molar-refractivity contribution in [3.05, 3.63) is 5.82 Å². The Bertz CT molecular complexity index is 309. The topological polar surface area (TPSA) is 69.6 Å². The van der Waals surface area contributed by atoms with E-state index in [9.17, 15) is 0 Å². The number of tetrazole rings is 1. The highest BCUT2D eigenvalue weighted by atomic mass is 15.5. The van der Waals surface area contributed by atoms with Crippen LogP contribution in [-0.2, 0) is 13.1 Å². The van der Waals surface area contributed by atoms with Gasteiger partial charge in [0, 0.05) is 6.54 Å². The monoisotopic (exact) mass is 209 g/mol. The van der Waals surface area contributed by atoms with E-state index < -0.39 is 0 Å². The third-order valence-electron chi connectivity index (χ3n) is 3.49. The van der Waals surface area contributed by atoms with Gasteiger partial charge in [0.15, 0.2) is 5.82 Å². The van der Waals surface area contributed by atoms with Gasteiger partial charge in [-0.15, -0.1) is 5.10 Å². The SMILES string of the molecule is CC1CCCCC1Cn1nnnc1CN. The van der Waals surface area contributed by atoms with E-state index in [4.69, 9.17) is 5.73 Å². The van der Waals surface area contributed by atoms with Crippen LogP contribution in [0.5, 0.6) is 0 Å². The lowest BCUT2D eigenvalue weighted by Crippen LogP contribution is -2.24. The Morgan fingerprint density at radius 3 is 2.93 bits per heavy atom. The summed E-state index contributed by atoms with van der Waals surface area (Å²) < 4.78 is 1.87. The maximum Gasteiger partial charge on any atom is 0.164 e. The predicted octanol–water partition coefficient (Wildman–Crippen LogP) is 0.958. The van der Waals surface area contributed by atoms with Gasteiger partial charge in [-0.25, -0.2) is 4.68 Å². The molecule has 1 heterocycles. The second-order valence-electron chi connectivity index (χ2n) is 4.50. The molecular weight excluding hydrogens is 190 g/mol. The molecule has 5 nitrogen and oxygen atoms in total. The van der Waals surface area contributed by atoms with Crippen LogP contribution in [0.2, 0.25) is 0 Å². The first-order chi connectivity index (χ1) is 7.31. The van der Waals surface area contributed by atoms with E-state index in [0.717, 1.165) is 18.3 Å². The summed E-state index contributed by atoms with van der Waals surface area (Å²) in [5, 5.41) is 11.6. The molecule has 5 heteroatoms. The van der Waals surface area contributed by atoms with Crippen molar-refractivity contribution >= 4 is 0 Å². The third-order valence-corrected chi connectivity index (χ3v) is 3.49. The van der Waals surface area contributed by atoms with Crippen LogP contribution in [0.4, 0.5) is 0 Å². The van der Waals surface area contributed by atoms with Gasteiger partial charge in [-0.2, -0.15) is 0 Å². The molecule has 2 N–H and O–H groups in total. The van der Waals surface area contributed by atoms with Crippen LogP contribution in [0.3, 0.4) is 0 Å². The van der Waals surface area contributed by atoms with E-state index in [1.807, 2.05) is 4.68 Å². The Morgan fingerprint density at radius 1 is 1.40 bits per heavy atom. The molecule has 0 radical (unpaired) electrons. The van der Waals surface area contributed by atoms with Gasteiger partial charge in [0.1, 0.15) is 0 Å². The van der Waals surface area contributed by atoms with E-state index in [0.29, 0.717) is 12.5 Å². The van der Waals surface area contributed by atoms with Crippen molar-refractivity contribution in [1.82, 2.24) is 20.2 Å². The van der Waals surface area contributed by atoms with Gasteiger partial charge in [0.05, 0.1) is 6.54 Å². The van der Waals surface area contributed by atoms with E-state index in [1.165, 1.54) is 25.7 Å². The molecule has 0 bridgehead atoms. The molecule has 1 aromatic rings. The van der Waals surface area contributed by atoms with Gasteiger partial charge in [0.25, 0.3) is 0 Å². The van der Waals surface area contributed by atoms with Crippen molar-refractivity contribution in [2.24, 2.45) is 17.6 Å². The van der Waals surface area contributed by atoms with E-state index in [-0.39, 0.29) is 0 Å². The molecule has 2 atom stereocenters. The molecule has 0 aliphatic heterocycles. The Balaban J connectivity index is 2.01. The van der Waals surface area contributed by atoms with Crippen molar-refractivity contribution in [2.45, 2.75) is 45.7 Å². The van der Waals surface area contributed by atoms with Gasteiger partial charge in [-0.05, 0) is 28.7 Å². The first-order valence-electron chi connectivity index (χ1n) is 5.76. The quantitative estimate of drug-likeness (QED) is 0.805. The van der Waals surface area contributed by atoms with Gasteiger partial charge >= 0.3 is 0 Å². The second kappa shape index (κ2) is 4.70. The molecule has 0 aromatic carbocycles. The first kappa shape index (κ1) is 10.5. The molecule has 0 spiro atoms. The number of nitrogens with zero attached hydrogens (tertiary/aromatic N) is 4. The minimum absolute atomic E-state index is 0.425. The van der Waals surface area contributed by atoms with E-state index in [1.54, 1.807) is 0 Å². The summed E-state index contributed by atoms with van der Waals surface area (Å²) in [6.07, 6.45) is 5.35. The van der Waals surface area contributed by atoms with Crippen molar-refractivity contribution in [1.29, 1.82) is 0 Å². The number of aromatic nitrogens is 4. The third kappa shape index (κ3) is 2.34. The molecule has 0 saturated heterocycles. The molecule has 1 saturated carbocycles. The average molecular weight is 209 g/mol. The van der Waals surface area contributed by atoms with Gasteiger partial charge in [-0.3, -0.25) is 0 Å². The van der Waals surface area contributed by atoms with E-state index >= 15 is 0 Å². The van der Waals surface area contributed by atoms with Gasteiger partial charge in [-0.1, -0.05) is 26.2 Å². The summed E-state index contributed by atoms with van der Waals surface area (Å²) in [7, 11) is 0. The molecule has 84 valence electrons. The standard InChI is InChI=1S/C10H19N5/c1-8-4-2-3-5-9(8)7-15-10(6-11)12-13-14-15/h8-9H,2-7,11H2,1H3. The van der Waals surface area contributed by atoms with Crippen molar-refractivity contribution in [3.8, 4) is 0 Å². The summed E-state index contributed by atoms with van der Waals surface area (Å²) >= 11 is 0. The summed E-state index contributed by atoms with van der Waals surface area (Å²) in [5.74, 6) is 2.30. The number of hydrogen-bond acceptors (Lipinski definition) is 4. The first-order valence-corrected chi connectivity index (χ1v) is 5.76. The molecular formula is C10H19N5. The molecule has 1 aromatic heterocycles. The normalized spacial score (nSPS) is 26.8. The smallest absolute Gasteiger partial charge is 0.164 e. The fourth-order valence-electron chi connectivity index (χ4n) is 2.40. The lowest BCUT2D eigenvalue weighted by atomic mass is 9.80. The Labute approximate surface area is 90.0 Å². The zero-order valence-electron chi connectivity index (χ0n) is 9.26. The molecule has 1 aliphatic carbocycles. The largest absolute Gasteiger partial charge is 0.324 e. The van der Waals surface area contributed by atoms with Crippen LogP contribution >= 0.6 is 0 Å². The summed E-state index contributed by atoms with van der Waals surface area (Å²) in [4.78, 5) is 0. The van der Waals surface area contributed by atoms with Gasteiger partial charge < -0.3 is 5.73 Å². The van der Waals surface area contributed by atoms with Crippen LogP contribution in [0.25, 0.3) is 0 Å². The molecule has 15 heavy (non-hydrogen) atoms. The Kier molecular flexibility index (Phi) is 3.30. The number of hydrogen-bond donors (Lipinski definition) is 1. The minimum atomic E-state index is 0.425. The van der Waals surface area contributed by atoms with Gasteiger partial charge in [0.2, 0.25) is 0 Å². The fourth-order valence-corrected chi connectivity index (χ4v) is 2.40. The molecule has 0 amide bonds. The van der Waals surface area contributed by atoms with Crippen LogP contribution in [-0.4, -0.2) is 20.2 Å². The summed E-state index contributed by atoms with van der Waals surface area (Å²) in [6.45, 7) is 3.69. The van der Waals surface area contributed by atoms with E-state index in [2.05, 4.69) is 22.4 Å². The molecule has 2 rings (SSSR count). The summed E-state index contributed by atoms with van der Waals surface area (Å²) in [5.41, 5.74) is 5.57. The lowest BCUT2D eigenvalue weighted by Gasteiger charge is -2.28. The van der Waals surface area contributed by atoms with Crippen molar-refractivity contribution in [3.63, 3.8) is 0 Å². The molecule has 1 fully saturated rings. The number of nitrogens with two attached hydrogens (primary N) is 1. The van der Waals surface area contributed by atoms with Crippen molar-refractivity contribution in [2.75, 3.05) is 0 Å². The maximum absolute atomic E-state index is 5.57. The predicted molar refractivity (Wildman–Crippen MR) is 56.8 cm³/mol. The lowest BCUT2D eigenvalue weighted by molar-refractivity contribution is 0.218. The Morgan fingerprint density at radius 2 is 2.20 bits per heavy atom. The maximum atomic E-state index is 5.57. The zero-order chi connectivity index (χ0) is 10.7. The van der Waals surface area contributed by atoms with Crippen molar-refractivity contribution < 1.29 is 0 Å². The summed E-state index contributed by atoms with van der Waals surface area (Å²) in [6, 6.07) is 0. The Hall–Kier alpha value is -0.970. The zero-order valence-corrected chi connectivity index (χ0v) is 9.26. The molecule has 1 aliphatic rings. The van der Waals surface area contributed by atoms with Crippen LogP contribution in [0.1, 0.15) is 38.4 Å². The average Bonchev–Trinajstić information content (AvgIpc) is 2.69. The van der Waals surface area contributed by atoms with Crippen LogP contribution < -0.4 is 5.73 Å². The molecule has 2 unspecified atom stereocenters. The fraction of sp³-hybridized carbons (Fsp3) is 0.900. The van der Waals surface area contributed by atoms with Crippen LogP contribution in [0.15, 0.2) is 0 Å².